The molecule has 1 fully saturated rings. The van der Waals surface area contributed by atoms with Gasteiger partial charge in [-0.2, -0.15) is 0 Å². The van der Waals surface area contributed by atoms with E-state index in [0.717, 1.165) is 0 Å². The second-order valence-corrected chi connectivity index (χ2v) is 6.15. The van der Waals surface area contributed by atoms with Crippen molar-refractivity contribution in [2.45, 2.75) is 96.1 Å². The van der Waals surface area contributed by atoms with Crippen LogP contribution in [0.15, 0.2) is 0 Å². The van der Waals surface area contributed by atoms with Crippen LogP contribution in [0.25, 0.3) is 0 Å². The van der Waals surface area contributed by atoms with Gasteiger partial charge >= 0.3 is 0 Å². The SMILES string of the molecule is CCCCCCCCCCNC1CCCC(OC)C1. The maximum atomic E-state index is 5.47. The van der Waals surface area contributed by atoms with E-state index in [1.807, 2.05) is 7.11 Å². The van der Waals surface area contributed by atoms with Crippen molar-refractivity contribution in [3.8, 4) is 0 Å². The highest BCUT2D eigenvalue weighted by atomic mass is 16.5. The molecule has 0 bridgehead atoms. The first kappa shape index (κ1) is 17.0. The number of nitrogens with one attached hydrogen (secondary N) is 1. The molecular formula is C17H35NO. The second kappa shape index (κ2) is 11.7. The highest BCUT2D eigenvalue weighted by molar-refractivity contribution is 4.78. The van der Waals surface area contributed by atoms with Crippen LogP contribution in [0.4, 0.5) is 0 Å². The quantitative estimate of drug-likeness (QED) is 0.550. The fourth-order valence-corrected chi connectivity index (χ4v) is 3.11. The molecule has 114 valence electrons. The summed E-state index contributed by atoms with van der Waals surface area (Å²) < 4.78 is 5.47. The van der Waals surface area contributed by atoms with E-state index in [1.54, 1.807) is 0 Å². The third kappa shape index (κ3) is 8.65. The summed E-state index contributed by atoms with van der Waals surface area (Å²) in [5.41, 5.74) is 0. The van der Waals surface area contributed by atoms with Gasteiger partial charge in [-0.1, -0.05) is 51.9 Å². The van der Waals surface area contributed by atoms with Gasteiger partial charge in [0.15, 0.2) is 0 Å². The lowest BCUT2D eigenvalue weighted by molar-refractivity contribution is 0.0589. The van der Waals surface area contributed by atoms with E-state index >= 15 is 0 Å². The third-order valence-corrected chi connectivity index (χ3v) is 4.42. The number of hydrogen-bond donors (Lipinski definition) is 1. The van der Waals surface area contributed by atoms with Crippen molar-refractivity contribution in [1.29, 1.82) is 0 Å². The molecular weight excluding hydrogens is 234 g/mol. The molecule has 2 unspecified atom stereocenters. The first-order chi connectivity index (χ1) is 9.36. The lowest BCUT2D eigenvalue weighted by Crippen LogP contribution is -2.37. The molecule has 0 heterocycles. The Labute approximate surface area is 120 Å². The van der Waals surface area contributed by atoms with Crippen LogP contribution in [0.1, 0.15) is 84.0 Å². The van der Waals surface area contributed by atoms with Crippen LogP contribution in [0.3, 0.4) is 0 Å². The Hall–Kier alpha value is -0.0800. The van der Waals surface area contributed by atoms with Crippen molar-refractivity contribution in [2.75, 3.05) is 13.7 Å². The topological polar surface area (TPSA) is 21.3 Å². The van der Waals surface area contributed by atoms with E-state index in [4.69, 9.17) is 4.74 Å². The minimum atomic E-state index is 0.504. The summed E-state index contributed by atoms with van der Waals surface area (Å²) in [7, 11) is 1.85. The van der Waals surface area contributed by atoms with E-state index in [2.05, 4.69) is 12.2 Å². The number of ether oxygens (including phenoxy) is 1. The summed E-state index contributed by atoms with van der Waals surface area (Å²) in [5, 5.41) is 3.72. The van der Waals surface area contributed by atoms with E-state index in [9.17, 15) is 0 Å². The molecule has 2 atom stereocenters. The Morgan fingerprint density at radius 3 is 2.32 bits per heavy atom. The molecule has 0 aromatic rings. The highest BCUT2D eigenvalue weighted by Crippen LogP contribution is 2.20. The van der Waals surface area contributed by atoms with Gasteiger partial charge in [-0.05, 0) is 38.6 Å². The molecule has 0 aliphatic heterocycles. The summed E-state index contributed by atoms with van der Waals surface area (Å²) in [5.74, 6) is 0. The zero-order chi connectivity index (χ0) is 13.8. The molecule has 1 rings (SSSR count). The van der Waals surface area contributed by atoms with Crippen LogP contribution in [-0.4, -0.2) is 25.8 Å². The van der Waals surface area contributed by atoms with Crippen LogP contribution in [-0.2, 0) is 4.74 Å². The predicted molar refractivity (Wildman–Crippen MR) is 83.7 cm³/mol. The minimum Gasteiger partial charge on any atom is -0.381 e. The fourth-order valence-electron chi connectivity index (χ4n) is 3.11. The first-order valence-corrected chi connectivity index (χ1v) is 8.63. The molecule has 0 radical (unpaired) electrons. The van der Waals surface area contributed by atoms with E-state index < -0.39 is 0 Å². The van der Waals surface area contributed by atoms with Crippen LogP contribution >= 0.6 is 0 Å². The van der Waals surface area contributed by atoms with Crippen LogP contribution in [0.2, 0.25) is 0 Å². The van der Waals surface area contributed by atoms with Gasteiger partial charge < -0.3 is 10.1 Å². The van der Waals surface area contributed by atoms with Crippen molar-refractivity contribution >= 4 is 0 Å². The van der Waals surface area contributed by atoms with Gasteiger partial charge in [-0.25, -0.2) is 0 Å². The van der Waals surface area contributed by atoms with Crippen molar-refractivity contribution in [3.05, 3.63) is 0 Å². The molecule has 1 N–H and O–H groups in total. The van der Waals surface area contributed by atoms with Gasteiger partial charge in [-0.15, -0.1) is 0 Å². The van der Waals surface area contributed by atoms with Crippen LogP contribution < -0.4 is 5.32 Å². The number of unbranched alkanes of at least 4 members (excludes halogenated alkanes) is 7. The summed E-state index contributed by atoms with van der Waals surface area (Å²) >= 11 is 0. The molecule has 1 aliphatic rings. The van der Waals surface area contributed by atoms with E-state index in [1.165, 1.54) is 83.6 Å². The lowest BCUT2D eigenvalue weighted by Gasteiger charge is -2.28. The number of hydrogen-bond acceptors (Lipinski definition) is 2. The Morgan fingerprint density at radius 2 is 1.63 bits per heavy atom. The molecule has 0 saturated heterocycles. The molecule has 19 heavy (non-hydrogen) atoms. The summed E-state index contributed by atoms with van der Waals surface area (Å²) in [4.78, 5) is 0. The zero-order valence-electron chi connectivity index (χ0n) is 13.3. The van der Waals surface area contributed by atoms with Crippen molar-refractivity contribution in [3.63, 3.8) is 0 Å². The van der Waals surface area contributed by atoms with E-state index in [0.29, 0.717) is 12.1 Å². The molecule has 0 amide bonds. The average Bonchev–Trinajstić information content (AvgIpc) is 2.46. The van der Waals surface area contributed by atoms with Gasteiger partial charge in [0.25, 0.3) is 0 Å². The maximum Gasteiger partial charge on any atom is 0.0586 e. The first-order valence-electron chi connectivity index (χ1n) is 8.63. The molecule has 0 spiro atoms. The highest BCUT2D eigenvalue weighted by Gasteiger charge is 2.20. The molecule has 2 heteroatoms. The van der Waals surface area contributed by atoms with Gasteiger partial charge in [0.2, 0.25) is 0 Å². The molecule has 1 saturated carbocycles. The summed E-state index contributed by atoms with van der Waals surface area (Å²) in [6.07, 6.45) is 16.9. The molecule has 2 nitrogen and oxygen atoms in total. The number of methoxy groups -OCH3 is 1. The standard InChI is InChI=1S/C17H35NO/c1-3-4-5-6-7-8-9-10-14-18-16-12-11-13-17(15-16)19-2/h16-18H,3-15H2,1-2H3. The minimum absolute atomic E-state index is 0.504. The normalized spacial score (nSPS) is 23.7. The summed E-state index contributed by atoms with van der Waals surface area (Å²) in [6, 6.07) is 0.711. The Balaban J connectivity index is 1.85. The fraction of sp³-hybridized carbons (Fsp3) is 1.00. The van der Waals surface area contributed by atoms with Crippen molar-refractivity contribution in [1.82, 2.24) is 5.32 Å². The predicted octanol–water partition coefficient (Wildman–Crippen LogP) is 4.67. The summed E-state index contributed by atoms with van der Waals surface area (Å²) in [6.45, 7) is 3.49. The van der Waals surface area contributed by atoms with Crippen LogP contribution in [0, 0.1) is 0 Å². The smallest absolute Gasteiger partial charge is 0.0586 e. The second-order valence-electron chi connectivity index (χ2n) is 6.15. The van der Waals surface area contributed by atoms with Crippen molar-refractivity contribution in [2.24, 2.45) is 0 Å². The Bertz CT molecular complexity index is 196. The van der Waals surface area contributed by atoms with Gasteiger partial charge in [-0.3, -0.25) is 0 Å². The lowest BCUT2D eigenvalue weighted by atomic mass is 9.93. The van der Waals surface area contributed by atoms with Crippen LogP contribution in [0.5, 0.6) is 0 Å². The largest absolute Gasteiger partial charge is 0.381 e. The Morgan fingerprint density at radius 1 is 0.947 bits per heavy atom. The average molecular weight is 269 g/mol. The Kier molecular flexibility index (Phi) is 10.5. The molecule has 1 aliphatic carbocycles. The van der Waals surface area contributed by atoms with E-state index in [-0.39, 0.29) is 0 Å². The number of rotatable bonds is 11. The molecule has 0 aromatic carbocycles. The van der Waals surface area contributed by atoms with Crippen molar-refractivity contribution < 1.29 is 4.74 Å². The van der Waals surface area contributed by atoms with Gasteiger partial charge in [0.1, 0.15) is 0 Å². The molecule has 0 aromatic heterocycles. The zero-order valence-corrected chi connectivity index (χ0v) is 13.3. The monoisotopic (exact) mass is 269 g/mol. The maximum absolute atomic E-state index is 5.47. The van der Waals surface area contributed by atoms with Gasteiger partial charge in [0.05, 0.1) is 6.10 Å². The van der Waals surface area contributed by atoms with Gasteiger partial charge in [0, 0.05) is 13.2 Å². The third-order valence-electron chi connectivity index (χ3n) is 4.42.